The fourth-order valence-corrected chi connectivity index (χ4v) is 0.289. The third-order valence-electron chi connectivity index (χ3n) is 2.21. The van der Waals surface area contributed by atoms with E-state index in [1.165, 1.54) is 19.3 Å². The fourth-order valence-electron chi connectivity index (χ4n) is 0.289. The van der Waals surface area contributed by atoms with Crippen LogP contribution in [0.4, 0.5) is 0 Å². The van der Waals surface area contributed by atoms with Gasteiger partial charge in [0.15, 0.2) is 0 Å². The average molecular weight is 186 g/mol. The maximum atomic E-state index is 3.00. The van der Waals surface area contributed by atoms with Crippen LogP contribution in [0, 0.1) is 11.8 Å². The maximum absolute atomic E-state index is 3.00. The van der Waals surface area contributed by atoms with Crippen LogP contribution in [0.1, 0.15) is 60.8 Å². The summed E-state index contributed by atoms with van der Waals surface area (Å²) in [6, 6.07) is 0. The average Bonchev–Trinajstić information content (AvgIpc) is 2.20. The zero-order valence-electron chi connectivity index (χ0n) is 10.7. The van der Waals surface area contributed by atoms with Crippen LogP contribution >= 0.6 is 0 Å². The van der Waals surface area contributed by atoms with Gasteiger partial charge in [0, 0.05) is 0 Å². The van der Waals surface area contributed by atoms with Crippen LogP contribution in [0.15, 0.2) is 13.2 Å². The largest absolute Gasteiger partial charge is 0.106 e. The van der Waals surface area contributed by atoms with Crippen LogP contribution in [-0.4, -0.2) is 0 Å². The van der Waals surface area contributed by atoms with Gasteiger partial charge in [0.2, 0.25) is 0 Å². The van der Waals surface area contributed by atoms with Gasteiger partial charge in [-0.1, -0.05) is 60.8 Å². The maximum Gasteiger partial charge on any atom is -0.0448 e. The zero-order valence-corrected chi connectivity index (χ0v) is 10.7. The van der Waals surface area contributed by atoms with Crippen molar-refractivity contribution in [3.8, 4) is 0 Å². The molecule has 0 saturated carbocycles. The van der Waals surface area contributed by atoms with E-state index in [4.69, 9.17) is 0 Å². The van der Waals surface area contributed by atoms with Gasteiger partial charge < -0.3 is 0 Å². The SMILES string of the molecule is C=C.CCC(C)C.CCC(C)CC. The molecule has 0 radical (unpaired) electrons. The van der Waals surface area contributed by atoms with Crippen molar-refractivity contribution in [1.29, 1.82) is 0 Å². The van der Waals surface area contributed by atoms with Crippen LogP contribution in [0.25, 0.3) is 0 Å². The zero-order chi connectivity index (χ0) is 11.3. The molecule has 0 fully saturated rings. The molecule has 0 amide bonds. The van der Waals surface area contributed by atoms with E-state index < -0.39 is 0 Å². The van der Waals surface area contributed by atoms with E-state index in [0.29, 0.717) is 0 Å². The first-order valence-electron chi connectivity index (χ1n) is 5.58. The van der Waals surface area contributed by atoms with E-state index in [0.717, 1.165) is 11.8 Å². The number of rotatable bonds is 3. The van der Waals surface area contributed by atoms with Crippen molar-refractivity contribution >= 4 is 0 Å². The summed E-state index contributed by atoms with van der Waals surface area (Å²) in [5, 5.41) is 0. The summed E-state index contributed by atoms with van der Waals surface area (Å²) < 4.78 is 0. The molecule has 0 aromatic rings. The number of hydrogen-bond acceptors (Lipinski definition) is 0. The van der Waals surface area contributed by atoms with Crippen LogP contribution in [-0.2, 0) is 0 Å². The van der Waals surface area contributed by atoms with Crippen molar-refractivity contribution in [1.82, 2.24) is 0 Å². The Bertz CT molecular complexity index is 60.4. The molecule has 0 rings (SSSR count). The fraction of sp³-hybridized carbons (Fsp3) is 0.846. The van der Waals surface area contributed by atoms with E-state index in [2.05, 4.69) is 54.7 Å². The van der Waals surface area contributed by atoms with Crippen molar-refractivity contribution in [2.75, 3.05) is 0 Å². The third-order valence-corrected chi connectivity index (χ3v) is 2.21. The minimum absolute atomic E-state index is 0.884. The van der Waals surface area contributed by atoms with Crippen molar-refractivity contribution in [3.63, 3.8) is 0 Å². The molecule has 0 saturated heterocycles. The normalized spacial score (nSPS) is 8.62. The molecule has 0 spiro atoms. The van der Waals surface area contributed by atoms with Gasteiger partial charge in [0.1, 0.15) is 0 Å². The van der Waals surface area contributed by atoms with Gasteiger partial charge in [-0.05, 0) is 11.8 Å². The van der Waals surface area contributed by atoms with E-state index in [1.54, 1.807) is 0 Å². The second-order valence-electron chi connectivity index (χ2n) is 3.72. The second kappa shape index (κ2) is 17.7. The van der Waals surface area contributed by atoms with Crippen molar-refractivity contribution in [2.45, 2.75) is 60.8 Å². The highest BCUT2D eigenvalue weighted by atomic mass is 13.9. The molecule has 0 atom stereocenters. The Labute approximate surface area is 86.4 Å². The molecule has 0 aliphatic carbocycles. The highest BCUT2D eigenvalue weighted by Crippen LogP contribution is 2.02. The molecule has 0 nitrogen and oxygen atoms in total. The Morgan fingerprint density at radius 1 is 0.769 bits per heavy atom. The molecule has 0 unspecified atom stereocenters. The summed E-state index contributed by atoms with van der Waals surface area (Å²) in [5.41, 5.74) is 0. The summed E-state index contributed by atoms with van der Waals surface area (Å²) in [7, 11) is 0. The molecule has 0 bridgehead atoms. The molecule has 0 heteroatoms. The third kappa shape index (κ3) is 33.8. The van der Waals surface area contributed by atoms with Crippen LogP contribution in [0.3, 0.4) is 0 Å². The topological polar surface area (TPSA) is 0 Å². The van der Waals surface area contributed by atoms with E-state index in [-0.39, 0.29) is 0 Å². The van der Waals surface area contributed by atoms with Gasteiger partial charge in [0.05, 0.1) is 0 Å². The van der Waals surface area contributed by atoms with Crippen molar-refractivity contribution in [3.05, 3.63) is 13.2 Å². The smallest absolute Gasteiger partial charge is 0.0448 e. The van der Waals surface area contributed by atoms with Crippen LogP contribution in [0.2, 0.25) is 0 Å². The van der Waals surface area contributed by atoms with Gasteiger partial charge in [-0.2, -0.15) is 0 Å². The second-order valence-corrected chi connectivity index (χ2v) is 3.72. The van der Waals surface area contributed by atoms with Gasteiger partial charge in [0.25, 0.3) is 0 Å². The van der Waals surface area contributed by atoms with Crippen molar-refractivity contribution in [2.24, 2.45) is 11.8 Å². The van der Waals surface area contributed by atoms with Gasteiger partial charge in [-0.25, -0.2) is 0 Å². The molecular formula is C13H30. The standard InChI is InChI=1S/C6H14.C5H12.C2H4/c1-4-6(3)5-2;1-4-5(2)3;1-2/h6H,4-5H2,1-3H3;5H,4H2,1-3H3;1-2H2. The summed E-state index contributed by atoms with van der Waals surface area (Å²) in [6.45, 7) is 19.4. The Balaban J connectivity index is -0.000000131. The lowest BCUT2D eigenvalue weighted by Gasteiger charge is -1.98. The van der Waals surface area contributed by atoms with Gasteiger partial charge in [-0.15, -0.1) is 13.2 Å². The molecule has 82 valence electrons. The predicted octanol–water partition coefficient (Wildman–Crippen LogP) is 5.30. The van der Waals surface area contributed by atoms with Crippen LogP contribution in [0.5, 0.6) is 0 Å². The summed E-state index contributed by atoms with van der Waals surface area (Å²) >= 11 is 0. The van der Waals surface area contributed by atoms with E-state index in [9.17, 15) is 0 Å². The molecule has 0 aliphatic heterocycles. The van der Waals surface area contributed by atoms with E-state index >= 15 is 0 Å². The Hall–Kier alpha value is -0.260. The quantitative estimate of drug-likeness (QED) is 0.525. The molecule has 0 aliphatic rings. The lowest BCUT2D eigenvalue weighted by Crippen LogP contribution is -1.85. The molecule has 0 N–H and O–H groups in total. The molecular weight excluding hydrogens is 156 g/mol. The first kappa shape index (κ1) is 18.5. The first-order valence-corrected chi connectivity index (χ1v) is 5.58. The van der Waals surface area contributed by atoms with Gasteiger partial charge >= 0.3 is 0 Å². The molecule has 13 heavy (non-hydrogen) atoms. The Kier molecular flexibility index (Phi) is 25.2. The highest BCUT2D eigenvalue weighted by Gasteiger charge is 1.88. The van der Waals surface area contributed by atoms with Crippen LogP contribution < -0.4 is 0 Å². The van der Waals surface area contributed by atoms with E-state index in [1.807, 2.05) is 0 Å². The Morgan fingerprint density at radius 3 is 1.00 bits per heavy atom. The Morgan fingerprint density at radius 2 is 1.00 bits per heavy atom. The molecule has 0 heterocycles. The van der Waals surface area contributed by atoms with Gasteiger partial charge in [-0.3, -0.25) is 0 Å². The predicted molar refractivity (Wildman–Crippen MR) is 66.1 cm³/mol. The summed E-state index contributed by atoms with van der Waals surface area (Å²) in [5.74, 6) is 1.82. The number of hydrogen-bond donors (Lipinski definition) is 0. The molecule has 0 aromatic heterocycles. The lowest BCUT2D eigenvalue weighted by molar-refractivity contribution is 0.544. The minimum Gasteiger partial charge on any atom is -0.106 e. The minimum atomic E-state index is 0.884. The highest BCUT2D eigenvalue weighted by molar-refractivity contribution is 4.41. The van der Waals surface area contributed by atoms with Crippen molar-refractivity contribution < 1.29 is 0 Å². The molecule has 0 aromatic carbocycles. The monoisotopic (exact) mass is 186 g/mol. The lowest BCUT2D eigenvalue weighted by atomic mass is 10.1. The first-order chi connectivity index (χ1) is 6.08. The summed E-state index contributed by atoms with van der Waals surface area (Å²) in [4.78, 5) is 0. The summed E-state index contributed by atoms with van der Waals surface area (Å²) in [6.07, 6.45) is 3.97.